The Morgan fingerprint density at radius 1 is 1.10 bits per heavy atom. The highest BCUT2D eigenvalue weighted by Gasteiger charge is 2.18. The monoisotopic (exact) mass is 309 g/mol. The molecule has 1 aromatic heterocycles. The summed E-state index contributed by atoms with van der Waals surface area (Å²) in [6.45, 7) is 0.479. The summed E-state index contributed by atoms with van der Waals surface area (Å²) in [6, 6.07) is 10.2. The smallest absolute Gasteiger partial charge is 0.295 e. The van der Waals surface area contributed by atoms with E-state index in [0.717, 1.165) is 5.69 Å². The van der Waals surface area contributed by atoms with Gasteiger partial charge in [0, 0.05) is 25.5 Å². The number of benzene rings is 1. The van der Waals surface area contributed by atoms with E-state index in [2.05, 4.69) is 10.0 Å². The van der Waals surface area contributed by atoms with E-state index in [-0.39, 0.29) is 5.09 Å². The lowest BCUT2D eigenvalue weighted by atomic mass is 10.3. The van der Waals surface area contributed by atoms with Crippen molar-refractivity contribution in [1.82, 2.24) is 5.32 Å². The summed E-state index contributed by atoms with van der Waals surface area (Å²) < 4.78 is 32.2. The van der Waals surface area contributed by atoms with E-state index < -0.39 is 10.0 Å². The van der Waals surface area contributed by atoms with Crippen LogP contribution in [0, 0.1) is 0 Å². The van der Waals surface area contributed by atoms with Crippen LogP contribution in [0.1, 0.15) is 5.76 Å². The van der Waals surface area contributed by atoms with Crippen molar-refractivity contribution in [3.8, 4) is 0 Å². The predicted octanol–water partition coefficient (Wildman–Crippen LogP) is 1.87. The third-order valence-corrected chi connectivity index (χ3v) is 4.14. The molecule has 1 aromatic carbocycles. The van der Waals surface area contributed by atoms with E-state index in [1.807, 2.05) is 31.1 Å². The van der Waals surface area contributed by atoms with E-state index in [9.17, 15) is 8.42 Å². The summed E-state index contributed by atoms with van der Waals surface area (Å²) in [5, 5.41) is 2.81. The first-order valence-electron chi connectivity index (χ1n) is 6.46. The zero-order valence-electron chi connectivity index (χ0n) is 12.3. The molecule has 114 valence electrons. The minimum absolute atomic E-state index is 0.0931. The number of nitrogens with zero attached hydrogens (tertiary/aromatic N) is 1. The molecule has 0 aliphatic heterocycles. The lowest BCUT2D eigenvalue weighted by molar-refractivity contribution is 0.408. The average molecular weight is 309 g/mol. The van der Waals surface area contributed by atoms with E-state index in [4.69, 9.17) is 4.42 Å². The molecule has 0 aliphatic rings. The molecule has 21 heavy (non-hydrogen) atoms. The van der Waals surface area contributed by atoms with Crippen LogP contribution >= 0.6 is 0 Å². The van der Waals surface area contributed by atoms with E-state index >= 15 is 0 Å². The van der Waals surface area contributed by atoms with Crippen LogP contribution in [-0.4, -0.2) is 29.6 Å². The molecule has 2 N–H and O–H groups in total. The molecule has 0 saturated carbocycles. The van der Waals surface area contributed by atoms with Crippen LogP contribution < -0.4 is 14.9 Å². The van der Waals surface area contributed by atoms with Crippen molar-refractivity contribution in [2.75, 3.05) is 30.8 Å². The third-order valence-electron chi connectivity index (χ3n) is 2.89. The Hall–Kier alpha value is -1.99. The van der Waals surface area contributed by atoms with E-state index in [0.29, 0.717) is 18.0 Å². The molecule has 0 fully saturated rings. The molecule has 0 radical (unpaired) electrons. The van der Waals surface area contributed by atoms with Gasteiger partial charge >= 0.3 is 0 Å². The SMILES string of the molecule is CNCc1ccc(S(=O)(=O)Nc2ccc(N(C)C)cc2)o1. The molecule has 0 bridgehead atoms. The standard InChI is InChI=1S/C14H19N3O3S/c1-15-10-13-8-9-14(20-13)21(18,19)16-11-4-6-12(7-5-11)17(2)3/h4-9,15-16H,10H2,1-3H3. The first kappa shape index (κ1) is 15.4. The van der Waals surface area contributed by atoms with Gasteiger partial charge in [-0.3, -0.25) is 4.72 Å². The van der Waals surface area contributed by atoms with Crippen LogP contribution in [0.15, 0.2) is 45.9 Å². The van der Waals surface area contributed by atoms with Gasteiger partial charge in [-0.25, -0.2) is 0 Å². The molecule has 0 unspecified atom stereocenters. The van der Waals surface area contributed by atoms with Crippen LogP contribution in [0.2, 0.25) is 0 Å². The molecule has 2 rings (SSSR count). The first-order chi connectivity index (χ1) is 9.92. The molecule has 0 amide bonds. The lowest BCUT2D eigenvalue weighted by Crippen LogP contribution is -2.13. The fourth-order valence-electron chi connectivity index (χ4n) is 1.80. The van der Waals surface area contributed by atoms with Gasteiger partial charge in [-0.15, -0.1) is 0 Å². The molecule has 0 aliphatic carbocycles. The Bertz CT molecular complexity index is 691. The highest BCUT2D eigenvalue weighted by atomic mass is 32.2. The van der Waals surface area contributed by atoms with Crippen molar-refractivity contribution in [3.05, 3.63) is 42.2 Å². The second-order valence-corrected chi connectivity index (χ2v) is 6.41. The first-order valence-corrected chi connectivity index (χ1v) is 7.94. The highest BCUT2D eigenvalue weighted by molar-refractivity contribution is 7.92. The van der Waals surface area contributed by atoms with Gasteiger partial charge in [0.25, 0.3) is 10.0 Å². The summed E-state index contributed by atoms with van der Waals surface area (Å²) >= 11 is 0. The number of hydrogen-bond donors (Lipinski definition) is 2. The fraction of sp³-hybridized carbons (Fsp3) is 0.286. The summed E-state index contributed by atoms with van der Waals surface area (Å²) in [4.78, 5) is 1.94. The summed E-state index contributed by atoms with van der Waals surface area (Å²) in [5.74, 6) is 0.570. The van der Waals surface area contributed by atoms with Crippen molar-refractivity contribution in [2.45, 2.75) is 11.6 Å². The number of nitrogens with one attached hydrogen (secondary N) is 2. The lowest BCUT2D eigenvalue weighted by Gasteiger charge is -2.13. The van der Waals surface area contributed by atoms with Crippen molar-refractivity contribution in [1.29, 1.82) is 0 Å². The number of sulfonamides is 1. The van der Waals surface area contributed by atoms with Crippen LogP contribution in [0.25, 0.3) is 0 Å². The maximum Gasteiger partial charge on any atom is 0.295 e. The Morgan fingerprint density at radius 2 is 1.76 bits per heavy atom. The van der Waals surface area contributed by atoms with Gasteiger partial charge in [0.15, 0.2) is 0 Å². The van der Waals surface area contributed by atoms with Crippen LogP contribution in [0.4, 0.5) is 11.4 Å². The highest BCUT2D eigenvalue weighted by Crippen LogP contribution is 2.20. The van der Waals surface area contributed by atoms with Crippen molar-refractivity contribution >= 4 is 21.4 Å². The quantitative estimate of drug-likeness (QED) is 0.852. The Balaban J connectivity index is 2.16. The number of hydrogen-bond acceptors (Lipinski definition) is 5. The molecular weight excluding hydrogens is 290 g/mol. The summed E-state index contributed by atoms with van der Waals surface area (Å²) in [5.41, 5.74) is 1.49. The molecular formula is C14H19N3O3S. The molecule has 2 aromatic rings. The Morgan fingerprint density at radius 3 is 2.33 bits per heavy atom. The van der Waals surface area contributed by atoms with Gasteiger partial charge in [0.05, 0.1) is 6.54 Å². The average Bonchev–Trinajstić information content (AvgIpc) is 2.89. The van der Waals surface area contributed by atoms with Gasteiger partial charge in [-0.2, -0.15) is 8.42 Å². The largest absolute Gasteiger partial charge is 0.446 e. The maximum atomic E-state index is 12.2. The number of anilines is 2. The summed E-state index contributed by atoms with van der Waals surface area (Å²) in [7, 11) is 1.91. The van der Waals surface area contributed by atoms with Gasteiger partial charge in [-0.1, -0.05) is 0 Å². The van der Waals surface area contributed by atoms with Crippen LogP contribution in [0.3, 0.4) is 0 Å². The Kier molecular flexibility index (Phi) is 4.54. The molecule has 7 heteroatoms. The second kappa shape index (κ2) is 6.19. The zero-order valence-corrected chi connectivity index (χ0v) is 13.1. The summed E-state index contributed by atoms with van der Waals surface area (Å²) in [6.07, 6.45) is 0. The normalized spacial score (nSPS) is 11.4. The molecule has 0 spiro atoms. The van der Waals surface area contributed by atoms with Gasteiger partial charge in [0.2, 0.25) is 5.09 Å². The van der Waals surface area contributed by atoms with Crippen molar-refractivity contribution in [2.24, 2.45) is 0 Å². The fourth-order valence-corrected chi connectivity index (χ4v) is 2.82. The van der Waals surface area contributed by atoms with Crippen LogP contribution in [0.5, 0.6) is 0 Å². The van der Waals surface area contributed by atoms with E-state index in [1.165, 1.54) is 6.07 Å². The van der Waals surface area contributed by atoms with Gasteiger partial charge < -0.3 is 14.6 Å². The Labute approximate surface area is 124 Å². The number of furan rings is 1. The molecule has 6 nitrogen and oxygen atoms in total. The predicted molar refractivity (Wildman–Crippen MR) is 83.0 cm³/mol. The van der Waals surface area contributed by atoms with E-state index in [1.54, 1.807) is 25.2 Å². The minimum atomic E-state index is -3.70. The third kappa shape index (κ3) is 3.77. The van der Waals surface area contributed by atoms with Gasteiger partial charge in [0.1, 0.15) is 5.76 Å². The maximum absolute atomic E-state index is 12.2. The van der Waals surface area contributed by atoms with Crippen molar-refractivity contribution in [3.63, 3.8) is 0 Å². The van der Waals surface area contributed by atoms with Crippen LogP contribution in [-0.2, 0) is 16.6 Å². The number of rotatable bonds is 6. The minimum Gasteiger partial charge on any atom is -0.446 e. The topological polar surface area (TPSA) is 74.6 Å². The van der Waals surface area contributed by atoms with Crippen molar-refractivity contribution < 1.29 is 12.8 Å². The zero-order chi connectivity index (χ0) is 15.5. The molecule has 0 atom stereocenters. The molecule has 0 saturated heterocycles. The molecule has 1 heterocycles. The van der Waals surface area contributed by atoms with Gasteiger partial charge in [-0.05, 0) is 43.4 Å². The second-order valence-electron chi connectivity index (χ2n) is 4.80.